The summed E-state index contributed by atoms with van der Waals surface area (Å²) in [6.45, 7) is 4.12. The van der Waals surface area contributed by atoms with Gasteiger partial charge in [0.2, 0.25) is 0 Å². The summed E-state index contributed by atoms with van der Waals surface area (Å²) in [4.78, 5) is 25.3. The Morgan fingerprint density at radius 1 is 0.783 bits per heavy atom. The highest BCUT2D eigenvalue weighted by Gasteiger charge is 2.16. The number of rotatable bonds is 15. The van der Waals surface area contributed by atoms with Gasteiger partial charge in [-0.1, -0.05) is 26.2 Å². The van der Waals surface area contributed by atoms with Crippen molar-refractivity contribution in [3.8, 4) is 0 Å². The lowest BCUT2D eigenvalue weighted by atomic mass is 10.2. The Kier molecular flexibility index (Phi) is 14.9. The van der Waals surface area contributed by atoms with Crippen LogP contribution in [0.2, 0.25) is 0 Å². The number of carbonyl (C=O) groups is 2. The molecule has 0 fully saturated rings. The highest BCUT2D eigenvalue weighted by atomic mass is 16.6. The molecule has 0 N–H and O–H groups in total. The smallest absolute Gasteiger partial charge is 0.320 e. The molecule has 0 rings (SSSR count). The van der Waals surface area contributed by atoms with Crippen molar-refractivity contribution in [3.05, 3.63) is 0 Å². The third-order valence-corrected chi connectivity index (χ3v) is 3.13. The predicted molar refractivity (Wildman–Crippen MR) is 86.3 cm³/mol. The van der Waals surface area contributed by atoms with Crippen LogP contribution in [-0.4, -0.2) is 77.1 Å². The van der Waals surface area contributed by atoms with Crippen molar-refractivity contribution in [2.45, 2.75) is 32.6 Å². The molecule has 7 nitrogen and oxygen atoms in total. The van der Waals surface area contributed by atoms with Crippen molar-refractivity contribution in [1.29, 1.82) is 0 Å². The van der Waals surface area contributed by atoms with Crippen LogP contribution < -0.4 is 0 Å². The van der Waals surface area contributed by atoms with Gasteiger partial charge in [0.15, 0.2) is 0 Å². The predicted octanol–water partition coefficient (Wildman–Crippen LogP) is 1.25. The lowest BCUT2D eigenvalue weighted by Crippen LogP contribution is -2.37. The van der Waals surface area contributed by atoms with Crippen LogP contribution in [0.4, 0.5) is 0 Å². The van der Waals surface area contributed by atoms with E-state index in [0.29, 0.717) is 19.8 Å². The van der Waals surface area contributed by atoms with Gasteiger partial charge in [0.1, 0.15) is 13.2 Å². The molecule has 0 aliphatic rings. The van der Waals surface area contributed by atoms with E-state index in [0.717, 1.165) is 25.7 Å². The van der Waals surface area contributed by atoms with E-state index in [9.17, 15) is 9.59 Å². The number of carbonyl (C=O) groups excluding carboxylic acids is 2. The normalized spacial score (nSPS) is 10.8. The third kappa shape index (κ3) is 14.2. The van der Waals surface area contributed by atoms with Gasteiger partial charge in [0.25, 0.3) is 0 Å². The highest BCUT2D eigenvalue weighted by molar-refractivity contribution is 5.75. The lowest BCUT2D eigenvalue weighted by Gasteiger charge is -2.20. The Bertz CT molecular complexity index is 287. The summed E-state index contributed by atoms with van der Waals surface area (Å²) in [5.41, 5.74) is 0. The summed E-state index contributed by atoms with van der Waals surface area (Å²) in [6.07, 6.45) is 4.29. The molecule has 0 saturated heterocycles. The van der Waals surface area contributed by atoms with Crippen molar-refractivity contribution in [2.75, 3.05) is 60.3 Å². The fourth-order valence-corrected chi connectivity index (χ4v) is 1.91. The first-order chi connectivity index (χ1) is 11.1. The molecule has 0 spiro atoms. The van der Waals surface area contributed by atoms with E-state index in [1.54, 1.807) is 19.1 Å². The fraction of sp³-hybridized carbons (Fsp3) is 0.875. The zero-order valence-electron chi connectivity index (χ0n) is 14.7. The largest absolute Gasteiger partial charge is 0.462 e. The zero-order valence-corrected chi connectivity index (χ0v) is 14.7. The molecular formula is C16H31NO6. The van der Waals surface area contributed by atoms with Gasteiger partial charge in [-0.05, 0) is 13.0 Å². The molecular weight excluding hydrogens is 302 g/mol. The fourth-order valence-electron chi connectivity index (χ4n) is 1.91. The van der Waals surface area contributed by atoms with Gasteiger partial charge in [0, 0.05) is 14.2 Å². The monoisotopic (exact) mass is 333 g/mol. The van der Waals surface area contributed by atoms with Crippen LogP contribution in [0.15, 0.2) is 0 Å². The van der Waals surface area contributed by atoms with Crippen molar-refractivity contribution in [1.82, 2.24) is 4.90 Å². The van der Waals surface area contributed by atoms with Gasteiger partial charge in [0.05, 0.1) is 26.3 Å². The molecule has 0 aliphatic heterocycles. The van der Waals surface area contributed by atoms with Crippen molar-refractivity contribution >= 4 is 11.9 Å². The maximum absolute atomic E-state index is 11.8. The van der Waals surface area contributed by atoms with Crippen LogP contribution in [-0.2, 0) is 28.5 Å². The Morgan fingerprint density at radius 2 is 1.30 bits per heavy atom. The molecule has 0 aromatic rings. The third-order valence-electron chi connectivity index (χ3n) is 3.13. The number of ether oxygens (including phenoxy) is 4. The van der Waals surface area contributed by atoms with Gasteiger partial charge < -0.3 is 18.9 Å². The van der Waals surface area contributed by atoms with Crippen molar-refractivity contribution in [2.24, 2.45) is 0 Å². The maximum atomic E-state index is 11.8. The molecule has 0 saturated carbocycles. The summed E-state index contributed by atoms with van der Waals surface area (Å²) in [5, 5.41) is 0. The van der Waals surface area contributed by atoms with Gasteiger partial charge in [-0.3, -0.25) is 14.5 Å². The van der Waals surface area contributed by atoms with E-state index in [4.69, 9.17) is 18.9 Å². The summed E-state index contributed by atoms with van der Waals surface area (Å²) >= 11 is 0. The van der Waals surface area contributed by atoms with Gasteiger partial charge in [-0.2, -0.15) is 0 Å². The zero-order chi connectivity index (χ0) is 17.3. The molecule has 136 valence electrons. The average molecular weight is 333 g/mol. The minimum atomic E-state index is -0.359. The summed E-state index contributed by atoms with van der Waals surface area (Å²) < 4.78 is 19.7. The van der Waals surface area contributed by atoms with E-state index in [1.165, 1.54) is 0 Å². The first-order valence-electron chi connectivity index (χ1n) is 8.15. The quantitative estimate of drug-likeness (QED) is 0.330. The Labute approximate surface area is 139 Å². The number of hydrogen-bond acceptors (Lipinski definition) is 7. The molecule has 0 atom stereocenters. The molecule has 0 aromatic carbocycles. The standard InChI is InChI=1S/C16H31NO6/c1-4-5-6-7-8-17(13-15(18)22-11-9-20-2)14-16(19)23-12-10-21-3/h4-14H2,1-3H3. The SMILES string of the molecule is CCCCCCN(CC(=O)OCCOC)CC(=O)OCCOC. The Balaban J connectivity index is 4.20. The molecule has 23 heavy (non-hydrogen) atoms. The second kappa shape index (κ2) is 15.7. The summed E-state index contributed by atoms with van der Waals surface area (Å²) in [5.74, 6) is -0.718. The average Bonchev–Trinajstić information content (AvgIpc) is 2.52. The maximum Gasteiger partial charge on any atom is 0.320 e. The van der Waals surface area contributed by atoms with Crippen LogP contribution in [0.5, 0.6) is 0 Å². The second-order valence-electron chi connectivity index (χ2n) is 5.20. The van der Waals surface area contributed by atoms with Crippen LogP contribution >= 0.6 is 0 Å². The molecule has 0 unspecified atom stereocenters. The van der Waals surface area contributed by atoms with Crippen molar-refractivity contribution < 1.29 is 28.5 Å². The molecule has 0 radical (unpaired) electrons. The van der Waals surface area contributed by atoms with Crippen LogP contribution in [0, 0.1) is 0 Å². The summed E-state index contributed by atoms with van der Waals surface area (Å²) in [7, 11) is 3.09. The number of nitrogens with zero attached hydrogens (tertiary/aromatic N) is 1. The molecule has 0 amide bonds. The van der Waals surface area contributed by atoms with Crippen LogP contribution in [0.25, 0.3) is 0 Å². The van der Waals surface area contributed by atoms with Crippen molar-refractivity contribution in [3.63, 3.8) is 0 Å². The summed E-state index contributed by atoms with van der Waals surface area (Å²) in [6, 6.07) is 0. The lowest BCUT2D eigenvalue weighted by molar-refractivity contribution is -0.150. The number of methoxy groups -OCH3 is 2. The number of unbranched alkanes of at least 4 members (excludes halogenated alkanes) is 3. The molecule has 0 heterocycles. The molecule has 7 heteroatoms. The van der Waals surface area contributed by atoms with Crippen LogP contribution in [0.3, 0.4) is 0 Å². The Hall–Kier alpha value is -1.18. The first kappa shape index (κ1) is 21.8. The van der Waals surface area contributed by atoms with Gasteiger partial charge >= 0.3 is 11.9 Å². The van der Waals surface area contributed by atoms with E-state index >= 15 is 0 Å². The second-order valence-corrected chi connectivity index (χ2v) is 5.20. The Morgan fingerprint density at radius 3 is 1.74 bits per heavy atom. The first-order valence-corrected chi connectivity index (χ1v) is 8.15. The molecule has 0 aromatic heterocycles. The van der Waals surface area contributed by atoms with E-state index in [1.807, 2.05) is 0 Å². The number of hydrogen-bond donors (Lipinski definition) is 0. The highest BCUT2D eigenvalue weighted by Crippen LogP contribution is 2.02. The van der Waals surface area contributed by atoms with Gasteiger partial charge in [-0.25, -0.2) is 0 Å². The van der Waals surface area contributed by atoms with Gasteiger partial charge in [-0.15, -0.1) is 0 Å². The van der Waals surface area contributed by atoms with Crippen LogP contribution in [0.1, 0.15) is 32.6 Å². The van der Waals surface area contributed by atoms with E-state index in [2.05, 4.69) is 6.92 Å². The topological polar surface area (TPSA) is 74.3 Å². The minimum absolute atomic E-state index is 0.0786. The number of esters is 2. The molecule has 0 bridgehead atoms. The van der Waals surface area contributed by atoms with E-state index in [-0.39, 0.29) is 38.2 Å². The van der Waals surface area contributed by atoms with E-state index < -0.39 is 0 Å². The minimum Gasteiger partial charge on any atom is -0.462 e. The molecule has 0 aliphatic carbocycles.